The summed E-state index contributed by atoms with van der Waals surface area (Å²) in [5.41, 5.74) is -0.207. The zero-order valence-electron chi connectivity index (χ0n) is 15.9. The average Bonchev–Trinajstić information content (AvgIpc) is 3.36. The lowest BCUT2D eigenvalue weighted by Crippen LogP contribution is -2.35. The normalized spacial score (nSPS) is 18.6. The number of halogens is 6. The maximum absolute atomic E-state index is 13.6. The van der Waals surface area contributed by atoms with E-state index in [0.717, 1.165) is 30.3 Å². The SMILES string of the molecule is O=C(Nc1ccc(OC(F)(F)F)cc1)c1cc2n(n1)C(C(F)(F)F)CC(c1ccco1)N2. The summed E-state index contributed by atoms with van der Waals surface area (Å²) >= 11 is 0. The number of benzene rings is 1. The third kappa shape index (κ3) is 4.65. The molecule has 1 aliphatic rings. The summed E-state index contributed by atoms with van der Waals surface area (Å²) in [5, 5.41) is 9.04. The van der Waals surface area contributed by atoms with E-state index in [1.807, 2.05) is 0 Å². The number of carbonyl (C=O) groups is 1. The van der Waals surface area contributed by atoms with Crippen LogP contribution in [0.25, 0.3) is 0 Å². The van der Waals surface area contributed by atoms with E-state index in [1.165, 1.54) is 12.3 Å². The monoisotopic (exact) mass is 460 g/mol. The van der Waals surface area contributed by atoms with Crippen molar-refractivity contribution >= 4 is 17.4 Å². The van der Waals surface area contributed by atoms with Gasteiger partial charge in [-0.05, 0) is 36.4 Å². The first-order valence-corrected chi connectivity index (χ1v) is 9.13. The molecule has 0 bridgehead atoms. The number of amides is 1. The smallest absolute Gasteiger partial charge is 0.467 e. The Bertz CT molecular complexity index is 1090. The molecule has 0 radical (unpaired) electrons. The van der Waals surface area contributed by atoms with Crippen LogP contribution < -0.4 is 15.4 Å². The van der Waals surface area contributed by atoms with Crippen LogP contribution >= 0.6 is 0 Å². The van der Waals surface area contributed by atoms with Crippen LogP contribution in [0.2, 0.25) is 0 Å². The number of nitrogens with one attached hydrogen (secondary N) is 2. The van der Waals surface area contributed by atoms with E-state index in [1.54, 1.807) is 6.07 Å². The number of anilines is 2. The minimum Gasteiger partial charge on any atom is -0.467 e. The lowest BCUT2D eigenvalue weighted by atomic mass is 10.0. The van der Waals surface area contributed by atoms with Crippen molar-refractivity contribution in [1.29, 1.82) is 0 Å². The van der Waals surface area contributed by atoms with Crippen LogP contribution in [0.5, 0.6) is 5.75 Å². The lowest BCUT2D eigenvalue weighted by molar-refractivity contribution is -0.274. The molecule has 3 aromatic rings. The molecule has 1 aromatic carbocycles. The second-order valence-electron chi connectivity index (χ2n) is 6.89. The molecule has 0 fully saturated rings. The Hall–Kier alpha value is -3.64. The molecule has 1 amide bonds. The van der Waals surface area contributed by atoms with E-state index in [2.05, 4.69) is 20.5 Å². The largest absolute Gasteiger partial charge is 0.573 e. The fourth-order valence-electron chi connectivity index (χ4n) is 3.30. The summed E-state index contributed by atoms with van der Waals surface area (Å²) in [6, 6.07) is 5.74. The van der Waals surface area contributed by atoms with Crippen molar-refractivity contribution in [2.75, 3.05) is 10.6 Å². The molecule has 2 N–H and O–H groups in total. The van der Waals surface area contributed by atoms with Gasteiger partial charge < -0.3 is 19.8 Å². The Kier molecular flexibility index (Phi) is 5.26. The van der Waals surface area contributed by atoms with Gasteiger partial charge in [-0.15, -0.1) is 13.2 Å². The lowest BCUT2D eigenvalue weighted by Gasteiger charge is -2.32. The van der Waals surface area contributed by atoms with Crippen molar-refractivity contribution in [2.24, 2.45) is 0 Å². The summed E-state index contributed by atoms with van der Waals surface area (Å²) < 4.78 is 87.2. The Morgan fingerprint density at radius 2 is 1.88 bits per heavy atom. The molecule has 2 unspecified atom stereocenters. The second kappa shape index (κ2) is 7.80. The van der Waals surface area contributed by atoms with E-state index in [-0.39, 0.29) is 17.2 Å². The number of nitrogens with zero attached hydrogens (tertiary/aromatic N) is 2. The van der Waals surface area contributed by atoms with Crippen molar-refractivity contribution in [1.82, 2.24) is 9.78 Å². The fourth-order valence-corrected chi connectivity index (χ4v) is 3.30. The average molecular weight is 460 g/mol. The Labute approximate surface area is 175 Å². The van der Waals surface area contributed by atoms with E-state index in [0.29, 0.717) is 10.4 Å². The van der Waals surface area contributed by atoms with Gasteiger partial charge in [0.05, 0.1) is 12.3 Å². The molecule has 32 heavy (non-hydrogen) atoms. The molecule has 170 valence electrons. The third-order valence-corrected chi connectivity index (χ3v) is 4.65. The highest BCUT2D eigenvalue weighted by Crippen LogP contribution is 2.43. The molecule has 7 nitrogen and oxygen atoms in total. The first-order valence-electron chi connectivity index (χ1n) is 9.13. The Morgan fingerprint density at radius 3 is 2.47 bits per heavy atom. The van der Waals surface area contributed by atoms with Gasteiger partial charge in [-0.25, -0.2) is 4.68 Å². The zero-order chi connectivity index (χ0) is 23.1. The topological polar surface area (TPSA) is 81.3 Å². The van der Waals surface area contributed by atoms with Gasteiger partial charge in [0.2, 0.25) is 0 Å². The number of furan rings is 1. The van der Waals surface area contributed by atoms with E-state index >= 15 is 0 Å². The Morgan fingerprint density at radius 1 is 1.16 bits per heavy atom. The van der Waals surface area contributed by atoms with E-state index in [9.17, 15) is 31.1 Å². The minimum atomic E-state index is -4.87. The Balaban J connectivity index is 1.54. The number of hydrogen-bond acceptors (Lipinski definition) is 5. The van der Waals surface area contributed by atoms with Crippen LogP contribution in [0.15, 0.2) is 53.1 Å². The molecule has 0 saturated heterocycles. The predicted octanol–water partition coefficient (Wildman–Crippen LogP) is 5.29. The van der Waals surface area contributed by atoms with Gasteiger partial charge in [-0.1, -0.05) is 0 Å². The van der Waals surface area contributed by atoms with Gasteiger partial charge in [-0.3, -0.25) is 4.79 Å². The maximum atomic E-state index is 13.6. The van der Waals surface area contributed by atoms with Gasteiger partial charge in [0.25, 0.3) is 5.91 Å². The molecular weight excluding hydrogens is 446 g/mol. The third-order valence-electron chi connectivity index (χ3n) is 4.65. The van der Waals surface area contributed by atoms with Gasteiger partial charge in [0, 0.05) is 18.2 Å². The van der Waals surface area contributed by atoms with E-state index in [4.69, 9.17) is 4.42 Å². The standard InChI is InChI=1S/C19H14F6N4O3/c20-18(21,22)15-8-12(14-2-1-7-31-14)27-16-9-13(28-29(15)16)17(30)26-10-3-5-11(6-4-10)32-19(23,24)25/h1-7,9,12,15,27H,8H2,(H,26,30). The second-order valence-corrected chi connectivity index (χ2v) is 6.89. The van der Waals surface area contributed by atoms with Gasteiger partial charge in [-0.2, -0.15) is 18.3 Å². The summed E-state index contributed by atoms with van der Waals surface area (Å²) in [6.07, 6.45) is -8.55. The van der Waals surface area contributed by atoms with Crippen molar-refractivity contribution in [3.05, 3.63) is 60.2 Å². The van der Waals surface area contributed by atoms with E-state index < -0.39 is 42.7 Å². The highest BCUT2D eigenvalue weighted by atomic mass is 19.4. The van der Waals surface area contributed by atoms with Crippen LogP contribution in [0.3, 0.4) is 0 Å². The summed E-state index contributed by atoms with van der Waals surface area (Å²) in [7, 11) is 0. The highest BCUT2D eigenvalue weighted by molar-refractivity contribution is 6.03. The van der Waals surface area contributed by atoms with Crippen LogP contribution in [0, 0.1) is 0 Å². The van der Waals surface area contributed by atoms with Crippen molar-refractivity contribution in [3.63, 3.8) is 0 Å². The molecule has 0 saturated carbocycles. The predicted molar refractivity (Wildman–Crippen MR) is 98.1 cm³/mol. The summed E-state index contributed by atoms with van der Waals surface area (Å²) in [4.78, 5) is 12.5. The first-order chi connectivity index (χ1) is 15.0. The molecule has 1 aliphatic heterocycles. The van der Waals surface area contributed by atoms with Crippen LogP contribution in [0.4, 0.5) is 37.8 Å². The van der Waals surface area contributed by atoms with Gasteiger partial charge >= 0.3 is 12.5 Å². The maximum Gasteiger partial charge on any atom is 0.573 e. The molecule has 0 aliphatic carbocycles. The summed E-state index contributed by atoms with van der Waals surface area (Å²) in [6.45, 7) is 0. The van der Waals surface area contributed by atoms with Gasteiger partial charge in [0.1, 0.15) is 17.3 Å². The number of carbonyl (C=O) groups excluding carboxylic acids is 1. The molecular formula is C19H14F6N4O3. The highest BCUT2D eigenvalue weighted by Gasteiger charge is 2.47. The zero-order valence-corrected chi connectivity index (χ0v) is 15.9. The molecule has 2 atom stereocenters. The van der Waals surface area contributed by atoms with Crippen LogP contribution in [-0.2, 0) is 0 Å². The summed E-state index contributed by atoms with van der Waals surface area (Å²) in [5.74, 6) is -1.05. The molecule has 3 heterocycles. The number of fused-ring (bicyclic) bond motifs is 1. The number of rotatable bonds is 4. The van der Waals surface area contributed by atoms with Crippen LogP contribution in [-0.4, -0.2) is 28.2 Å². The molecule has 2 aromatic heterocycles. The minimum absolute atomic E-state index is 0.0287. The van der Waals surface area contributed by atoms with Crippen molar-refractivity contribution in [2.45, 2.75) is 31.0 Å². The number of aromatic nitrogens is 2. The fraction of sp³-hybridized carbons (Fsp3) is 0.263. The van der Waals surface area contributed by atoms with Crippen molar-refractivity contribution < 1.29 is 40.3 Å². The van der Waals surface area contributed by atoms with Crippen molar-refractivity contribution in [3.8, 4) is 5.75 Å². The number of ether oxygens (including phenoxy) is 1. The number of alkyl halides is 6. The van der Waals surface area contributed by atoms with Crippen LogP contribution in [0.1, 0.15) is 34.8 Å². The molecule has 13 heteroatoms. The molecule has 4 rings (SSSR count). The van der Waals surface area contributed by atoms with Gasteiger partial charge in [0.15, 0.2) is 11.7 Å². The number of hydrogen-bond donors (Lipinski definition) is 2. The molecule has 0 spiro atoms. The first kappa shape index (κ1) is 21.6. The quantitative estimate of drug-likeness (QED) is 0.518.